The summed E-state index contributed by atoms with van der Waals surface area (Å²) in [6, 6.07) is 2.48. The monoisotopic (exact) mass is 365 g/mol. The highest BCUT2D eigenvalue weighted by molar-refractivity contribution is 6.34. The third-order valence-corrected chi connectivity index (χ3v) is 5.31. The van der Waals surface area contributed by atoms with Crippen LogP contribution in [-0.2, 0) is 24.8 Å². The fourth-order valence-electron chi connectivity index (χ4n) is 3.69. The molecule has 1 aromatic carbocycles. The Labute approximate surface area is 149 Å². The Morgan fingerprint density at radius 1 is 1.08 bits per heavy atom. The summed E-state index contributed by atoms with van der Waals surface area (Å²) >= 11 is 6.17. The second-order valence-corrected chi connectivity index (χ2v) is 6.94. The zero-order chi connectivity index (χ0) is 17.8. The average Bonchev–Trinajstić information content (AvgIpc) is 3.13. The molecular formula is C18H17ClFNO4. The summed E-state index contributed by atoms with van der Waals surface area (Å²) in [7, 11) is 0. The molecule has 0 saturated carbocycles. The summed E-state index contributed by atoms with van der Waals surface area (Å²) in [6.07, 6.45) is 2.84. The molecule has 0 atom stereocenters. The fourth-order valence-corrected chi connectivity index (χ4v) is 4.01. The lowest BCUT2D eigenvalue weighted by molar-refractivity contribution is -0.149. The van der Waals surface area contributed by atoms with Crippen molar-refractivity contribution in [2.45, 2.75) is 38.4 Å². The van der Waals surface area contributed by atoms with E-state index in [1.165, 1.54) is 6.07 Å². The van der Waals surface area contributed by atoms with Gasteiger partial charge in [-0.15, -0.1) is 0 Å². The summed E-state index contributed by atoms with van der Waals surface area (Å²) in [5.74, 6) is -2.73. The predicted molar refractivity (Wildman–Crippen MR) is 88.7 cm³/mol. The lowest BCUT2D eigenvalue weighted by Crippen LogP contribution is -2.33. The van der Waals surface area contributed by atoms with Gasteiger partial charge in [0.05, 0.1) is 23.9 Å². The van der Waals surface area contributed by atoms with Crippen LogP contribution in [-0.4, -0.2) is 25.0 Å². The van der Waals surface area contributed by atoms with Gasteiger partial charge in [-0.2, -0.15) is 0 Å². The number of carbonyl (C=O) groups is 2. The van der Waals surface area contributed by atoms with Crippen LogP contribution >= 0.6 is 11.6 Å². The molecule has 2 aliphatic heterocycles. The minimum atomic E-state index is -1.13. The van der Waals surface area contributed by atoms with Gasteiger partial charge in [0.25, 0.3) is 11.8 Å². The quantitative estimate of drug-likeness (QED) is 0.753. The first-order valence-corrected chi connectivity index (χ1v) is 8.68. The first-order valence-electron chi connectivity index (χ1n) is 8.30. The summed E-state index contributed by atoms with van der Waals surface area (Å²) in [6.45, 7) is 2.45. The van der Waals surface area contributed by atoms with Crippen LogP contribution in [0.5, 0.6) is 0 Å². The minimum absolute atomic E-state index is 0.107. The lowest BCUT2D eigenvalue weighted by Gasteiger charge is -2.26. The number of rotatable bonds is 2. The first kappa shape index (κ1) is 16.7. The Kier molecular flexibility index (Phi) is 3.94. The average molecular weight is 366 g/mol. The zero-order valence-corrected chi connectivity index (χ0v) is 14.5. The Morgan fingerprint density at radius 3 is 2.20 bits per heavy atom. The summed E-state index contributed by atoms with van der Waals surface area (Å²) < 4.78 is 25.8. The standard InChI is InChI=1S/C18H17ClFNO4/c1-18(24-6-7-25-18)12-8-15(14(20)9-13(12)19)21-16(22)10-4-2-3-5-11(10)17(21)23/h8-9H,2-7H2,1H3. The van der Waals surface area contributed by atoms with Gasteiger partial charge in [-0.05, 0) is 44.7 Å². The molecule has 132 valence electrons. The molecular weight excluding hydrogens is 349 g/mol. The molecule has 1 aliphatic carbocycles. The van der Waals surface area contributed by atoms with Crippen molar-refractivity contribution >= 4 is 29.1 Å². The van der Waals surface area contributed by atoms with Crippen molar-refractivity contribution < 1.29 is 23.5 Å². The number of hydrogen-bond donors (Lipinski definition) is 0. The molecule has 1 saturated heterocycles. The van der Waals surface area contributed by atoms with Gasteiger partial charge in [0.1, 0.15) is 5.82 Å². The highest BCUT2D eigenvalue weighted by atomic mass is 35.5. The van der Waals surface area contributed by atoms with Gasteiger partial charge in [0.2, 0.25) is 0 Å². The maximum Gasteiger partial charge on any atom is 0.261 e. The number of ether oxygens (including phenoxy) is 2. The fraction of sp³-hybridized carbons (Fsp3) is 0.444. The van der Waals surface area contributed by atoms with Crippen LogP contribution in [0.1, 0.15) is 38.2 Å². The molecule has 2 heterocycles. The molecule has 7 heteroatoms. The molecule has 0 N–H and O–H groups in total. The molecule has 0 radical (unpaired) electrons. The summed E-state index contributed by atoms with van der Waals surface area (Å²) in [4.78, 5) is 26.3. The van der Waals surface area contributed by atoms with Crippen molar-refractivity contribution in [2.75, 3.05) is 18.1 Å². The van der Waals surface area contributed by atoms with Gasteiger partial charge in [-0.3, -0.25) is 9.59 Å². The van der Waals surface area contributed by atoms with E-state index in [0.717, 1.165) is 23.8 Å². The maximum atomic E-state index is 14.6. The van der Waals surface area contributed by atoms with Gasteiger partial charge in [0, 0.05) is 16.7 Å². The number of anilines is 1. The highest BCUT2D eigenvalue weighted by Crippen LogP contribution is 2.41. The summed E-state index contributed by atoms with van der Waals surface area (Å²) in [5.41, 5.74) is 1.30. The van der Waals surface area contributed by atoms with E-state index in [9.17, 15) is 14.0 Å². The van der Waals surface area contributed by atoms with E-state index >= 15 is 0 Å². The lowest BCUT2D eigenvalue weighted by atomic mass is 9.93. The topological polar surface area (TPSA) is 55.8 Å². The van der Waals surface area contributed by atoms with Crippen LogP contribution in [0.4, 0.5) is 10.1 Å². The number of carbonyl (C=O) groups excluding carboxylic acids is 2. The van der Waals surface area contributed by atoms with Crippen LogP contribution in [0, 0.1) is 5.82 Å². The van der Waals surface area contributed by atoms with E-state index in [-0.39, 0.29) is 10.7 Å². The molecule has 0 bridgehead atoms. The number of halogens is 2. The second-order valence-electron chi connectivity index (χ2n) is 6.54. The van der Waals surface area contributed by atoms with Gasteiger partial charge < -0.3 is 9.47 Å². The Balaban J connectivity index is 1.79. The molecule has 5 nitrogen and oxygen atoms in total. The van der Waals surface area contributed by atoms with Gasteiger partial charge in [-0.25, -0.2) is 9.29 Å². The molecule has 0 aromatic heterocycles. The van der Waals surface area contributed by atoms with E-state index in [1.807, 2.05) is 0 Å². The largest absolute Gasteiger partial charge is 0.344 e. The molecule has 0 spiro atoms. The van der Waals surface area contributed by atoms with Crippen LogP contribution < -0.4 is 4.90 Å². The molecule has 4 rings (SSSR count). The van der Waals surface area contributed by atoms with Crippen molar-refractivity contribution in [2.24, 2.45) is 0 Å². The van der Waals surface area contributed by atoms with Crippen LogP contribution in [0.15, 0.2) is 23.3 Å². The summed E-state index contributed by atoms with van der Waals surface area (Å²) in [5, 5.41) is 0.127. The molecule has 3 aliphatic rings. The van der Waals surface area contributed by atoms with Crippen LogP contribution in [0.2, 0.25) is 5.02 Å². The maximum absolute atomic E-state index is 14.6. The SMILES string of the molecule is CC1(c2cc(N3C(=O)C4=C(CCCC4)C3=O)c(F)cc2Cl)OCCO1. The van der Waals surface area contributed by atoms with Crippen molar-refractivity contribution in [3.05, 3.63) is 39.7 Å². The van der Waals surface area contributed by atoms with Gasteiger partial charge in [0.15, 0.2) is 5.79 Å². The van der Waals surface area contributed by atoms with Gasteiger partial charge in [-0.1, -0.05) is 11.6 Å². The number of amides is 2. The second kappa shape index (κ2) is 5.90. The van der Waals surface area contributed by atoms with Crippen molar-refractivity contribution in [1.29, 1.82) is 0 Å². The van der Waals surface area contributed by atoms with Gasteiger partial charge >= 0.3 is 0 Å². The molecule has 25 heavy (non-hydrogen) atoms. The van der Waals surface area contributed by atoms with Crippen molar-refractivity contribution in [3.8, 4) is 0 Å². The predicted octanol–water partition coefficient (Wildman–Crippen LogP) is 3.44. The highest BCUT2D eigenvalue weighted by Gasteiger charge is 2.42. The van der Waals surface area contributed by atoms with E-state index < -0.39 is 23.4 Å². The van der Waals surface area contributed by atoms with Crippen molar-refractivity contribution in [1.82, 2.24) is 0 Å². The van der Waals surface area contributed by atoms with Crippen LogP contribution in [0.3, 0.4) is 0 Å². The number of imide groups is 1. The third kappa shape index (κ3) is 2.51. The minimum Gasteiger partial charge on any atom is -0.344 e. The Bertz CT molecular complexity index is 786. The van der Waals surface area contributed by atoms with Crippen molar-refractivity contribution in [3.63, 3.8) is 0 Å². The van der Waals surface area contributed by atoms with E-state index in [1.54, 1.807) is 6.92 Å². The third-order valence-electron chi connectivity index (χ3n) is 5.00. The van der Waals surface area contributed by atoms with Crippen LogP contribution in [0.25, 0.3) is 0 Å². The number of nitrogens with zero attached hydrogens (tertiary/aromatic N) is 1. The molecule has 1 fully saturated rings. The first-order chi connectivity index (χ1) is 11.9. The van der Waals surface area contributed by atoms with E-state index in [0.29, 0.717) is 42.8 Å². The number of benzene rings is 1. The Morgan fingerprint density at radius 2 is 1.64 bits per heavy atom. The smallest absolute Gasteiger partial charge is 0.261 e. The molecule has 2 amide bonds. The Hall–Kier alpha value is -1.76. The van der Waals surface area contributed by atoms with E-state index in [2.05, 4.69) is 0 Å². The van der Waals surface area contributed by atoms with E-state index in [4.69, 9.17) is 21.1 Å². The molecule has 0 unspecified atom stereocenters. The normalized spacial score (nSPS) is 22.8. The zero-order valence-electron chi connectivity index (χ0n) is 13.7. The molecule has 1 aromatic rings. The number of hydrogen-bond acceptors (Lipinski definition) is 4.